The summed E-state index contributed by atoms with van der Waals surface area (Å²) in [4.78, 5) is 0. The Morgan fingerprint density at radius 3 is 2.78 bits per heavy atom. The summed E-state index contributed by atoms with van der Waals surface area (Å²) in [5.41, 5.74) is 3.70. The van der Waals surface area contributed by atoms with Gasteiger partial charge < -0.3 is 10.4 Å². The number of nitrogens with one attached hydrogen (secondary N) is 1. The van der Waals surface area contributed by atoms with Crippen LogP contribution in [0.4, 0.5) is 5.69 Å². The fraction of sp³-hybridized carbons (Fsp3) is 0.125. The molecule has 2 nitrogen and oxygen atoms in total. The molecule has 90 valence electrons. The summed E-state index contributed by atoms with van der Waals surface area (Å²) in [5, 5.41) is 13.0. The number of aryl methyl sites for hydroxylation is 1. The van der Waals surface area contributed by atoms with E-state index in [-0.39, 0.29) is 0 Å². The Labute approximate surface area is 107 Å². The van der Waals surface area contributed by atoms with Crippen LogP contribution in [0.15, 0.2) is 42.5 Å². The highest BCUT2D eigenvalue weighted by Gasteiger charge is 2.01. The molecule has 0 saturated carbocycles. The van der Waals surface area contributed by atoms with Gasteiger partial charge in [-0.3, -0.25) is 0 Å². The Morgan fingerprint density at radius 2 is 2.06 bits per heavy atom. The van der Waals surface area contributed by atoms with Crippen molar-refractivity contribution in [3.63, 3.8) is 0 Å². The van der Waals surface area contributed by atoms with Crippen LogP contribution in [-0.4, -0.2) is 5.11 Å². The van der Waals surface area contributed by atoms with Gasteiger partial charge in [-0.05, 0) is 36.8 Å². The lowest BCUT2D eigenvalue weighted by molar-refractivity contribution is 0.468. The van der Waals surface area contributed by atoms with Crippen molar-refractivity contribution in [2.75, 3.05) is 5.32 Å². The Morgan fingerprint density at radius 1 is 1.22 bits per heavy atom. The van der Waals surface area contributed by atoms with Crippen molar-refractivity contribution in [1.29, 1.82) is 0 Å². The average molecular weight is 237 g/mol. The summed E-state index contributed by atoms with van der Waals surface area (Å²) in [6.45, 7) is 2.52. The molecule has 18 heavy (non-hydrogen) atoms. The zero-order valence-electron chi connectivity index (χ0n) is 10.3. The Balaban J connectivity index is 2.09. The van der Waals surface area contributed by atoms with Crippen LogP contribution in [0, 0.1) is 19.3 Å². The number of terminal acetylenes is 1. The van der Waals surface area contributed by atoms with Crippen molar-refractivity contribution in [1.82, 2.24) is 0 Å². The maximum absolute atomic E-state index is 9.80. The van der Waals surface area contributed by atoms with E-state index in [1.165, 1.54) is 0 Å². The number of hydrogen-bond acceptors (Lipinski definition) is 2. The lowest BCUT2D eigenvalue weighted by Crippen LogP contribution is -2.00. The quantitative estimate of drug-likeness (QED) is 0.803. The molecule has 2 rings (SSSR count). The van der Waals surface area contributed by atoms with Gasteiger partial charge in [-0.1, -0.05) is 24.1 Å². The van der Waals surface area contributed by atoms with E-state index in [1.807, 2.05) is 43.3 Å². The number of rotatable bonds is 3. The molecule has 0 aliphatic heterocycles. The Hall–Kier alpha value is -2.40. The van der Waals surface area contributed by atoms with Crippen LogP contribution in [0.5, 0.6) is 5.75 Å². The number of phenols is 1. The van der Waals surface area contributed by atoms with Crippen LogP contribution in [0.1, 0.15) is 16.7 Å². The van der Waals surface area contributed by atoms with Gasteiger partial charge in [-0.25, -0.2) is 0 Å². The number of anilines is 1. The van der Waals surface area contributed by atoms with Gasteiger partial charge in [0.05, 0.1) is 0 Å². The minimum atomic E-state index is 0.315. The molecular weight excluding hydrogens is 222 g/mol. The van der Waals surface area contributed by atoms with Crippen LogP contribution < -0.4 is 5.32 Å². The third-order valence-corrected chi connectivity index (χ3v) is 2.75. The highest BCUT2D eigenvalue weighted by molar-refractivity contribution is 5.51. The number of hydrogen-bond donors (Lipinski definition) is 2. The van der Waals surface area contributed by atoms with Crippen molar-refractivity contribution in [2.24, 2.45) is 0 Å². The van der Waals surface area contributed by atoms with E-state index < -0.39 is 0 Å². The number of phenolic OH excluding ortho intramolecular Hbond substituents is 1. The molecule has 2 N–H and O–H groups in total. The second-order valence-corrected chi connectivity index (χ2v) is 4.21. The minimum Gasteiger partial charge on any atom is -0.508 e. The van der Waals surface area contributed by atoms with Crippen molar-refractivity contribution in [3.8, 4) is 18.1 Å². The molecule has 0 unspecified atom stereocenters. The van der Waals surface area contributed by atoms with Gasteiger partial charge in [0.15, 0.2) is 0 Å². The smallest absolute Gasteiger partial charge is 0.120 e. The van der Waals surface area contributed by atoms with Crippen molar-refractivity contribution in [2.45, 2.75) is 13.5 Å². The van der Waals surface area contributed by atoms with Crippen LogP contribution in [-0.2, 0) is 6.54 Å². The predicted molar refractivity (Wildman–Crippen MR) is 74.5 cm³/mol. The SMILES string of the molecule is C#Cc1cccc(NCc2ccc(C)cc2O)c1. The Bertz CT molecular complexity index is 596. The Kier molecular flexibility index (Phi) is 3.54. The lowest BCUT2D eigenvalue weighted by atomic mass is 10.1. The van der Waals surface area contributed by atoms with E-state index >= 15 is 0 Å². The van der Waals surface area contributed by atoms with E-state index in [1.54, 1.807) is 6.07 Å². The molecule has 0 amide bonds. The highest BCUT2D eigenvalue weighted by atomic mass is 16.3. The number of benzene rings is 2. The second-order valence-electron chi connectivity index (χ2n) is 4.21. The first kappa shape index (κ1) is 12.1. The molecule has 0 aliphatic carbocycles. The van der Waals surface area contributed by atoms with E-state index in [4.69, 9.17) is 6.42 Å². The summed E-state index contributed by atoms with van der Waals surface area (Å²) >= 11 is 0. The third-order valence-electron chi connectivity index (χ3n) is 2.75. The van der Waals surface area contributed by atoms with Crippen molar-refractivity contribution >= 4 is 5.69 Å². The van der Waals surface area contributed by atoms with Crippen LogP contribution in [0.2, 0.25) is 0 Å². The highest BCUT2D eigenvalue weighted by Crippen LogP contribution is 2.20. The normalized spacial score (nSPS) is 9.78. The van der Waals surface area contributed by atoms with Crippen molar-refractivity contribution < 1.29 is 5.11 Å². The topological polar surface area (TPSA) is 32.3 Å². The molecule has 2 aromatic rings. The van der Waals surface area contributed by atoms with Gasteiger partial charge in [0.1, 0.15) is 5.75 Å². The maximum Gasteiger partial charge on any atom is 0.120 e. The van der Waals surface area contributed by atoms with Gasteiger partial charge in [0, 0.05) is 23.4 Å². The van der Waals surface area contributed by atoms with E-state index in [2.05, 4.69) is 11.2 Å². The van der Waals surface area contributed by atoms with Crippen LogP contribution in [0.25, 0.3) is 0 Å². The standard InChI is InChI=1S/C16H15NO/c1-3-13-5-4-6-15(10-13)17-11-14-8-7-12(2)9-16(14)18/h1,4-10,17-18H,11H2,2H3. The summed E-state index contributed by atoms with van der Waals surface area (Å²) in [6.07, 6.45) is 5.35. The molecule has 0 aliphatic rings. The maximum atomic E-state index is 9.80. The molecule has 0 spiro atoms. The summed E-state index contributed by atoms with van der Waals surface area (Å²) in [5.74, 6) is 2.91. The zero-order valence-corrected chi connectivity index (χ0v) is 10.3. The van der Waals surface area contributed by atoms with Crippen LogP contribution >= 0.6 is 0 Å². The van der Waals surface area contributed by atoms with Gasteiger partial charge in [-0.2, -0.15) is 0 Å². The molecule has 0 heterocycles. The fourth-order valence-corrected chi connectivity index (χ4v) is 1.74. The second kappa shape index (κ2) is 5.29. The molecule has 0 bridgehead atoms. The first-order valence-electron chi connectivity index (χ1n) is 5.78. The number of aromatic hydroxyl groups is 1. The van der Waals surface area contributed by atoms with E-state index in [0.29, 0.717) is 12.3 Å². The summed E-state index contributed by atoms with van der Waals surface area (Å²) in [6, 6.07) is 13.3. The van der Waals surface area contributed by atoms with E-state index in [9.17, 15) is 5.11 Å². The third kappa shape index (κ3) is 2.83. The van der Waals surface area contributed by atoms with Gasteiger partial charge >= 0.3 is 0 Å². The first-order valence-corrected chi connectivity index (χ1v) is 5.78. The summed E-state index contributed by atoms with van der Waals surface area (Å²) in [7, 11) is 0. The van der Waals surface area contributed by atoms with Gasteiger partial charge in [-0.15, -0.1) is 6.42 Å². The molecule has 0 fully saturated rings. The first-order chi connectivity index (χ1) is 8.69. The zero-order chi connectivity index (χ0) is 13.0. The summed E-state index contributed by atoms with van der Waals surface area (Å²) < 4.78 is 0. The average Bonchev–Trinajstić information content (AvgIpc) is 2.38. The molecule has 0 radical (unpaired) electrons. The molecule has 0 atom stereocenters. The van der Waals surface area contributed by atoms with Crippen LogP contribution in [0.3, 0.4) is 0 Å². The minimum absolute atomic E-state index is 0.315. The molecule has 0 saturated heterocycles. The molecule has 2 heteroatoms. The van der Waals surface area contributed by atoms with Gasteiger partial charge in [0.2, 0.25) is 0 Å². The fourth-order valence-electron chi connectivity index (χ4n) is 1.74. The van der Waals surface area contributed by atoms with Crippen molar-refractivity contribution in [3.05, 3.63) is 59.2 Å². The molecular formula is C16H15NO. The molecule has 2 aromatic carbocycles. The van der Waals surface area contributed by atoms with Gasteiger partial charge in [0.25, 0.3) is 0 Å². The monoisotopic (exact) mass is 237 g/mol. The largest absolute Gasteiger partial charge is 0.508 e. The lowest BCUT2D eigenvalue weighted by Gasteiger charge is -2.09. The molecule has 0 aromatic heterocycles. The predicted octanol–water partition coefficient (Wildman–Crippen LogP) is 3.29. The van der Waals surface area contributed by atoms with E-state index in [0.717, 1.165) is 22.4 Å².